The lowest BCUT2D eigenvalue weighted by Crippen LogP contribution is -2.14. The fraction of sp³-hybridized carbons (Fsp3) is 0.190. The van der Waals surface area contributed by atoms with Gasteiger partial charge < -0.3 is 14.9 Å². The average Bonchev–Trinajstić information content (AvgIpc) is 3.25. The predicted octanol–water partition coefficient (Wildman–Crippen LogP) is 5.28. The molecular formula is C21H20ClN5OS2. The topological polar surface area (TPSA) is 75.6 Å². The summed E-state index contributed by atoms with van der Waals surface area (Å²) in [6.07, 6.45) is 0. The zero-order valence-electron chi connectivity index (χ0n) is 16.5. The summed E-state index contributed by atoms with van der Waals surface area (Å²) in [7, 11) is 1.93. The van der Waals surface area contributed by atoms with E-state index in [0.29, 0.717) is 21.6 Å². The summed E-state index contributed by atoms with van der Waals surface area (Å²) in [5.41, 5.74) is 3.00. The number of aryl methyl sites for hydroxylation is 1. The molecule has 9 heteroatoms. The summed E-state index contributed by atoms with van der Waals surface area (Å²) in [6.45, 7) is 2.08. The van der Waals surface area contributed by atoms with Gasteiger partial charge in [-0.2, -0.15) is 0 Å². The third-order valence-electron chi connectivity index (χ3n) is 4.57. The van der Waals surface area contributed by atoms with Crippen LogP contribution in [0.5, 0.6) is 0 Å². The first-order chi connectivity index (χ1) is 14.5. The number of hydrogen-bond donors (Lipinski definition) is 2. The molecule has 4 aromatic rings. The van der Waals surface area contributed by atoms with Crippen molar-refractivity contribution >= 4 is 57.6 Å². The Kier molecular flexibility index (Phi) is 6.36. The number of aromatic nitrogens is 4. The Balaban J connectivity index is 1.36. The van der Waals surface area contributed by atoms with E-state index in [4.69, 9.17) is 11.6 Å². The van der Waals surface area contributed by atoms with Gasteiger partial charge in [0.05, 0.1) is 11.5 Å². The molecule has 0 aliphatic heterocycles. The second-order valence-electron chi connectivity index (χ2n) is 6.71. The van der Waals surface area contributed by atoms with E-state index in [-0.39, 0.29) is 11.7 Å². The highest BCUT2D eigenvalue weighted by atomic mass is 35.5. The molecule has 2 aromatic heterocycles. The lowest BCUT2D eigenvalue weighted by Gasteiger charge is -2.06. The van der Waals surface area contributed by atoms with E-state index in [2.05, 4.69) is 39.6 Å². The number of para-hydroxylation sites is 1. The van der Waals surface area contributed by atoms with Gasteiger partial charge in [-0.25, -0.2) is 0 Å². The number of amides is 1. The number of aromatic amines is 1. The van der Waals surface area contributed by atoms with E-state index in [1.807, 2.05) is 23.7 Å². The van der Waals surface area contributed by atoms with Gasteiger partial charge >= 0.3 is 0 Å². The maximum absolute atomic E-state index is 12.2. The molecule has 0 saturated heterocycles. The number of carbonyl (C=O) groups is 1. The van der Waals surface area contributed by atoms with E-state index in [1.54, 1.807) is 36.0 Å². The summed E-state index contributed by atoms with van der Waals surface area (Å²) >= 11 is 8.97. The van der Waals surface area contributed by atoms with Gasteiger partial charge in [-0.05, 0) is 37.3 Å². The first-order valence-corrected chi connectivity index (χ1v) is 11.6. The van der Waals surface area contributed by atoms with Gasteiger partial charge in [0.15, 0.2) is 5.16 Å². The van der Waals surface area contributed by atoms with Crippen molar-refractivity contribution in [2.75, 3.05) is 11.1 Å². The molecule has 154 valence electrons. The van der Waals surface area contributed by atoms with Crippen LogP contribution in [0, 0.1) is 6.92 Å². The molecule has 2 heterocycles. The minimum atomic E-state index is -0.101. The predicted molar refractivity (Wildman–Crippen MR) is 124 cm³/mol. The standard InChI is InChI=1S/C21H20ClN5OS2/c1-13-20(16-5-3-4-6-17(16)23-13)29-11-18-25-26-21(27(18)2)30-12-19(28)24-15-9-7-14(22)8-10-15/h3-10,23H,11-12H2,1-2H3,(H,24,28). The largest absolute Gasteiger partial charge is 0.358 e. The Morgan fingerprint density at radius 1 is 1.13 bits per heavy atom. The monoisotopic (exact) mass is 457 g/mol. The lowest BCUT2D eigenvalue weighted by atomic mass is 10.2. The Hall–Kier alpha value is -2.42. The first kappa shape index (κ1) is 20.8. The molecule has 0 fully saturated rings. The third-order valence-corrected chi connectivity index (χ3v) is 7.06. The molecule has 2 aromatic carbocycles. The quantitative estimate of drug-likeness (QED) is 0.369. The second kappa shape index (κ2) is 9.16. The molecule has 0 bridgehead atoms. The number of thioether (sulfide) groups is 2. The molecule has 0 unspecified atom stereocenters. The van der Waals surface area contributed by atoms with E-state index >= 15 is 0 Å². The number of nitrogens with zero attached hydrogens (tertiary/aromatic N) is 3. The van der Waals surface area contributed by atoms with E-state index < -0.39 is 0 Å². The minimum Gasteiger partial charge on any atom is -0.358 e. The second-order valence-corrected chi connectivity index (χ2v) is 9.08. The van der Waals surface area contributed by atoms with E-state index in [9.17, 15) is 4.79 Å². The Morgan fingerprint density at radius 3 is 2.70 bits per heavy atom. The first-order valence-electron chi connectivity index (χ1n) is 9.28. The number of benzene rings is 2. The van der Waals surface area contributed by atoms with Crippen molar-refractivity contribution in [2.45, 2.75) is 22.7 Å². The number of rotatable bonds is 7. The highest BCUT2D eigenvalue weighted by Gasteiger charge is 2.14. The van der Waals surface area contributed by atoms with E-state index in [0.717, 1.165) is 17.0 Å². The Labute approximate surface area is 187 Å². The molecule has 1 amide bonds. The molecule has 30 heavy (non-hydrogen) atoms. The van der Waals surface area contributed by atoms with E-state index in [1.165, 1.54) is 22.0 Å². The van der Waals surface area contributed by atoms with Gasteiger partial charge in [0, 0.05) is 39.3 Å². The van der Waals surface area contributed by atoms with Gasteiger partial charge in [-0.15, -0.1) is 22.0 Å². The number of fused-ring (bicyclic) bond motifs is 1. The number of anilines is 1. The van der Waals surface area contributed by atoms with Crippen molar-refractivity contribution in [1.82, 2.24) is 19.7 Å². The molecule has 0 aliphatic rings. The van der Waals surface area contributed by atoms with Crippen molar-refractivity contribution in [3.63, 3.8) is 0 Å². The molecule has 0 spiro atoms. The zero-order chi connectivity index (χ0) is 21.1. The molecule has 6 nitrogen and oxygen atoms in total. The summed E-state index contributed by atoms with van der Waals surface area (Å²) in [5, 5.41) is 14.0. The maximum atomic E-state index is 12.2. The Bertz CT molecular complexity index is 1190. The molecule has 0 atom stereocenters. The zero-order valence-corrected chi connectivity index (χ0v) is 18.9. The molecular weight excluding hydrogens is 438 g/mol. The molecule has 0 aliphatic carbocycles. The fourth-order valence-corrected chi connectivity index (χ4v) is 5.01. The van der Waals surface area contributed by atoms with Crippen LogP contribution in [0.25, 0.3) is 10.9 Å². The summed E-state index contributed by atoms with van der Waals surface area (Å²) in [5.74, 6) is 1.72. The lowest BCUT2D eigenvalue weighted by molar-refractivity contribution is -0.113. The van der Waals surface area contributed by atoms with Crippen molar-refractivity contribution in [1.29, 1.82) is 0 Å². The molecule has 4 rings (SSSR count). The molecule has 2 N–H and O–H groups in total. The minimum absolute atomic E-state index is 0.101. The SMILES string of the molecule is Cc1[nH]c2ccccc2c1SCc1nnc(SCC(=O)Nc2ccc(Cl)cc2)n1C. The molecule has 0 radical (unpaired) electrons. The van der Waals surface area contributed by atoms with Crippen molar-refractivity contribution in [3.05, 3.63) is 65.1 Å². The van der Waals surface area contributed by atoms with Crippen LogP contribution in [0.4, 0.5) is 5.69 Å². The smallest absolute Gasteiger partial charge is 0.234 e. The van der Waals surface area contributed by atoms with Crippen molar-refractivity contribution < 1.29 is 4.79 Å². The van der Waals surface area contributed by atoms with Crippen LogP contribution in [-0.2, 0) is 17.6 Å². The van der Waals surface area contributed by atoms with Crippen LogP contribution >= 0.6 is 35.1 Å². The highest BCUT2D eigenvalue weighted by Crippen LogP contribution is 2.33. The van der Waals surface area contributed by atoms with Crippen LogP contribution < -0.4 is 5.32 Å². The number of halogens is 1. The fourth-order valence-electron chi connectivity index (χ4n) is 3.03. The van der Waals surface area contributed by atoms with Crippen molar-refractivity contribution in [2.24, 2.45) is 7.05 Å². The molecule has 0 saturated carbocycles. The van der Waals surface area contributed by atoms with Gasteiger partial charge in [-0.3, -0.25) is 4.79 Å². The van der Waals surface area contributed by atoms with Gasteiger partial charge in [0.25, 0.3) is 0 Å². The Morgan fingerprint density at radius 2 is 1.90 bits per heavy atom. The number of nitrogens with one attached hydrogen (secondary N) is 2. The van der Waals surface area contributed by atoms with Crippen LogP contribution in [0.2, 0.25) is 5.02 Å². The summed E-state index contributed by atoms with van der Waals surface area (Å²) in [6, 6.07) is 15.3. The number of carbonyl (C=O) groups excluding carboxylic acids is 1. The van der Waals surface area contributed by atoms with Crippen LogP contribution in [-0.4, -0.2) is 31.4 Å². The van der Waals surface area contributed by atoms with Crippen LogP contribution in [0.15, 0.2) is 58.6 Å². The van der Waals surface area contributed by atoms with Crippen molar-refractivity contribution in [3.8, 4) is 0 Å². The highest BCUT2D eigenvalue weighted by molar-refractivity contribution is 7.99. The van der Waals surface area contributed by atoms with Gasteiger partial charge in [0.1, 0.15) is 5.82 Å². The maximum Gasteiger partial charge on any atom is 0.234 e. The number of hydrogen-bond acceptors (Lipinski definition) is 5. The summed E-state index contributed by atoms with van der Waals surface area (Å²) < 4.78 is 1.94. The average molecular weight is 458 g/mol. The normalized spacial score (nSPS) is 11.2. The van der Waals surface area contributed by atoms with Gasteiger partial charge in [-0.1, -0.05) is 41.6 Å². The van der Waals surface area contributed by atoms with Crippen LogP contribution in [0.3, 0.4) is 0 Å². The van der Waals surface area contributed by atoms with Gasteiger partial charge in [0.2, 0.25) is 5.91 Å². The summed E-state index contributed by atoms with van der Waals surface area (Å²) in [4.78, 5) is 16.8. The third kappa shape index (κ3) is 4.66. The number of H-pyrrole nitrogens is 1. The van der Waals surface area contributed by atoms with Crippen LogP contribution in [0.1, 0.15) is 11.5 Å².